The van der Waals surface area contributed by atoms with Crippen LogP contribution in [0.25, 0.3) is 0 Å². The zero-order valence-corrected chi connectivity index (χ0v) is 11.9. The number of benzene rings is 2. The molecule has 0 saturated heterocycles. The van der Waals surface area contributed by atoms with E-state index < -0.39 is 4.92 Å². The molecule has 0 saturated carbocycles. The van der Waals surface area contributed by atoms with E-state index in [2.05, 4.69) is 0 Å². The molecule has 0 fully saturated rings. The molecule has 108 valence electrons. The zero-order chi connectivity index (χ0) is 15.4. The molecule has 21 heavy (non-hydrogen) atoms. The van der Waals surface area contributed by atoms with Gasteiger partial charge in [0.1, 0.15) is 0 Å². The minimum absolute atomic E-state index is 0.0867. The van der Waals surface area contributed by atoms with Crippen molar-refractivity contribution in [3.05, 3.63) is 63.7 Å². The number of aryl methyl sites for hydroxylation is 1. The lowest BCUT2D eigenvalue weighted by molar-refractivity contribution is -0.385. The van der Waals surface area contributed by atoms with E-state index in [-0.39, 0.29) is 11.3 Å². The summed E-state index contributed by atoms with van der Waals surface area (Å²) in [6, 6.07) is 12.6. The van der Waals surface area contributed by atoms with Crippen molar-refractivity contribution >= 4 is 23.3 Å². The fraction of sp³-hybridized carbons (Fsp3) is 0.188. The molecule has 0 N–H and O–H groups in total. The highest BCUT2D eigenvalue weighted by atomic mass is 16.6. The van der Waals surface area contributed by atoms with Crippen molar-refractivity contribution in [2.45, 2.75) is 13.8 Å². The normalized spacial score (nSPS) is 10.2. The van der Waals surface area contributed by atoms with E-state index >= 15 is 0 Å². The molecule has 5 nitrogen and oxygen atoms in total. The summed E-state index contributed by atoms with van der Waals surface area (Å²) in [5, 5.41) is 10.9. The molecule has 2 aromatic rings. The van der Waals surface area contributed by atoms with Gasteiger partial charge in [-0.05, 0) is 43.7 Å². The summed E-state index contributed by atoms with van der Waals surface area (Å²) in [7, 11) is 0. The Morgan fingerprint density at radius 2 is 1.90 bits per heavy atom. The van der Waals surface area contributed by atoms with Crippen LogP contribution < -0.4 is 4.90 Å². The van der Waals surface area contributed by atoms with Gasteiger partial charge in [0.05, 0.1) is 10.5 Å². The summed E-state index contributed by atoms with van der Waals surface area (Å²) in [4.78, 5) is 23.4. The number of rotatable bonds is 5. The lowest BCUT2D eigenvalue weighted by Crippen LogP contribution is -2.16. The van der Waals surface area contributed by atoms with Crippen molar-refractivity contribution in [2.75, 3.05) is 11.4 Å². The molecule has 2 rings (SSSR count). The van der Waals surface area contributed by atoms with E-state index in [1.54, 1.807) is 12.1 Å². The van der Waals surface area contributed by atoms with Crippen molar-refractivity contribution in [1.29, 1.82) is 0 Å². The first-order chi connectivity index (χ1) is 10.1. The SMILES string of the molecule is CCN(c1cccc(C)c1)c1ccc([N+](=O)[O-])c(C=O)c1. The lowest BCUT2D eigenvalue weighted by Gasteiger charge is -2.24. The number of carbonyl (C=O) groups excluding carboxylic acids is 1. The lowest BCUT2D eigenvalue weighted by atomic mass is 10.1. The van der Waals surface area contributed by atoms with Crippen molar-refractivity contribution in [1.82, 2.24) is 0 Å². The molecule has 0 heterocycles. The third-order valence-electron chi connectivity index (χ3n) is 3.28. The van der Waals surface area contributed by atoms with Gasteiger partial charge in [-0.25, -0.2) is 0 Å². The number of hydrogen-bond acceptors (Lipinski definition) is 4. The predicted octanol–water partition coefficient (Wildman–Crippen LogP) is 3.87. The van der Waals surface area contributed by atoms with Crippen molar-refractivity contribution in [3.8, 4) is 0 Å². The molecule has 0 amide bonds. The van der Waals surface area contributed by atoms with Crippen LogP contribution in [0, 0.1) is 17.0 Å². The first kappa shape index (κ1) is 14.7. The zero-order valence-electron chi connectivity index (χ0n) is 11.9. The van der Waals surface area contributed by atoms with Gasteiger partial charge in [-0.3, -0.25) is 14.9 Å². The van der Waals surface area contributed by atoms with Crippen LogP contribution in [0.4, 0.5) is 17.1 Å². The van der Waals surface area contributed by atoms with Gasteiger partial charge in [-0.15, -0.1) is 0 Å². The molecule has 5 heteroatoms. The van der Waals surface area contributed by atoms with Crippen LogP contribution in [0.2, 0.25) is 0 Å². The van der Waals surface area contributed by atoms with E-state index in [0.717, 1.165) is 16.9 Å². The number of nitrogens with zero attached hydrogens (tertiary/aromatic N) is 2. The molecular formula is C16H16N2O3. The second kappa shape index (κ2) is 6.17. The van der Waals surface area contributed by atoms with Crippen LogP contribution >= 0.6 is 0 Å². The first-order valence-corrected chi connectivity index (χ1v) is 6.64. The van der Waals surface area contributed by atoms with Crippen molar-refractivity contribution in [3.63, 3.8) is 0 Å². The molecule has 0 aliphatic heterocycles. The number of aldehydes is 1. The Balaban J connectivity index is 2.48. The van der Waals surface area contributed by atoms with E-state index in [4.69, 9.17) is 0 Å². The summed E-state index contributed by atoms with van der Waals surface area (Å²) < 4.78 is 0. The minimum Gasteiger partial charge on any atom is -0.342 e. The monoisotopic (exact) mass is 284 g/mol. The first-order valence-electron chi connectivity index (χ1n) is 6.64. The minimum atomic E-state index is -0.545. The summed E-state index contributed by atoms with van der Waals surface area (Å²) in [5.74, 6) is 0. The summed E-state index contributed by atoms with van der Waals surface area (Å²) in [6.45, 7) is 4.69. The van der Waals surface area contributed by atoms with Crippen LogP contribution in [0.1, 0.15) is 22.8 Å². The van der Waals surface area contributed by atoms with E-state index in [1.165, 1.54) is 6.07 Å². The number of nitro groups is 1. The average Bonchev–Trinajstić information content (AvgIpc) is 2.47. The maximum Gasteiger partial charge on any atom is 0.280 e. The summed E-state index contributed by atoms with van der Waals surface area (Å²) in [6.07, 6.45) is 0.520. The molecule has 0 radical (unpaired) electrons. The number of anilines is 2. The Kier molecular flexibility index (Phi) is 4.33. The standard InChI is InChI=1S/C16H16N2O3/c1-3-17(14-6-4-5-12(2)9-14)15-7-8-16(18(20)21)13(10-15)11-19/h4-11H,3H2,1-2H3. The van der Waals surface area contributed by atoms with Gasteiger partial charge in [0, 0.05) is 24.0 Å². The van der Waals surface area contributed by atoms with Crippen LogP contribution in [0.15, 0.2) is 42.5 Å². The molecule has 0 aromatic heterocycles. The van der Waals surface area contributed by atoms with E-state index in [0.29, 0.717) is 12.8 Å². The summed E-state index contributed by atoms with van der Waals surface area (Å²) in [5.41, 5.74) is 2.79. The number of hydrogen-bond donors (Lipinski definition) is 0. The molecule has 0 bridgehead atoms. The van der Waals surface area contributed by atoms with Gasteiger partial charge >= 0.3 is 0 Å². The maximum absolute atomic E-state index is 11.1. The molecule has 0 aliphatic rings. The van der Waals surface area contributed by atoms with E-state index in [1.807, 2.05) is 43.0 Å². The number of nitro benzene ring substituents is 1. The summed E-state index contributed by atoms with van der Waals surface area (Å²) >= 11 is 0. The van der Waals surface area contributed by atoms with Gasteiger partial charge in [0.15, 0.2) is 6.29 Å². The fourth-order valence-electron chi connectivity index (χ4n) is 2.28. The Morgan fingerprint density at radius 1 is 1.19 bits per heavy atom. The predicted molar refractivity (Wildman–Crippen MR) is 82.3 cm³/mol. The third kappa shape index (κ3) is 3.08. The highest BCUT2D eigenvalue weighted by Gasteiger charge is 2.16. The molecule has 0 aliphatic carbocycles. The van der Waals surface area contributed by atoms with Gasteiger partial charge < -0.3 is 4.90 Å². The van der Waals surface area contributed by atoms with Crippen molar-refractivity contribution in [2.24, 2.45) is 0 Å². The van der Waals surface area contributed by atoms with Gasteiger partial charge in [0.25, 0.3) is 5.69 Å². The topological polar surface area (TPSA) is 63.4 Å². The second-order valence-corrected chi connectivity index (χ2v) is 4.70. The van der Waals surface area contributed by atoms with Crippen LogP contribution in [0.3, 0.4) is 0 Å². The fourth-order valence-corrected chi connectivity index (χ4v) is 2.28. The van der Waals surface area contributed by atoms with Gasteiger partial charge in [-0.1, -0.05) is 12.1 Å². The highest BCUT2D eigenvalue weighted by molar-refractivity contribution is 5.84. The van der Waals surface area contributed by atoms with Crippen LogP contribution in [-0.2, 0) is 0 Å². The second-order valence-electron chi connectivity index (χ2n) is 4.70. The third-order valence-corrected chi connectivity index (χ3v) is 3.28. The Hall–Kier alpha value is -2.69. The quantitative estimate of drug-likeness (QED) is 0.475. The Morgan fingerprint density at radius 3 is 2.48 bits per heavy atom. The van der Waals surface area contributed by atoms with Gasteiger partial charge in [0.2, 0.25) is 0 Å². The largest absolute Gasteiger partial charge is 0.342 e. The Labute approximate surface area is 123 Å². The molecule has 0 atom stereocenters. The molecular weight excluding hydrogens is 268 g/mol. The molecule has 0 unspecified atom stereocenters. The van der Waals surface area contributed by atoms with Crippen molar-refractivity contribution < 1.29 is 9.72 Å². The number of carbonyl (C=O) groups is 1. The molecule has 2 aromatic carbocycles. The molecule has 0 spiro atoms. The average molecular weight is 284 g/mol. The van der Waals surface area contributed by atoms with E-state index in [9.17, 15) is 14.9 Å². The van der Waals surface area contributed by atoms with Gasteiger partial charge in [-0.2, -0.15) is 0 Å². The van der Waals surface area contributed by atoms with Crippen LogP contribution in [-0.4, -0.2) is 17.8 Å². The maximum atomic E-state index is 11.1. The Bertz CT molecular complexity index is 683. The van der Waals surface area contributed by atoms with Crippen LogP contribution in [0.5, 0.6) is 0 Å². The highest BCUT2D eigenvalue weighted by Crippen LogP contribution is 2.29. The smallest absolute Gasteiger partial charge is 0.280 e.